The number of furan rings is 1. The predicted molar refractivity (Wildman–Crippen MR) is 65.2 cm³/mol. The van der Waals surface area contributed by atoms with Crippen LogP contribution in [0.2, 0.25) is 0 Å². The van der Waals surface area contributed by atoms with Crippen molar-refractivity contribution in [2.75, 3.05) is 6.54 Å². The topological polar surface area (TPSA) is 59.5 Å². The van der Waals surface area contributed by atoms with Crippen LogP contribution in [-0.4, -0.2) is 23.4 Å². The van der Waals surface area contributed by atoms with Gasteiger partial charge in [0.15, 0.2) is 0 Å². The lowest BCUT2D eigenvalue weighted by Crippen LogP contribution is -2.39. The monoisotopic (exact) mass is 236 g/mol. The van der Waals surface area contributed by atoms with E-state index in [4.69, 9.17) is 10.2 Å². The minimum Gasteiger partial charge on any atom is -0.467 e. The van der Waals surface area contributed by atoms with E-state index in [9.17, 15) is 4.79 Å². The van der Waals surface area contributed by atoms with E-state index < -0.39 is 0 Å². The van der Waals surface area contributed by atoms with Crippen molar-refractivity contribution in [3.63, 3.8) is 0 Å². The summed E-state index contributed by atoms with van der Waals surface area (Å²) in [6.45, 7) is 0.997. The third-order valence-electron chi connectivity index (χ3n) is 3.35. The lowest BCUT2D eigenvalue weighted by molar-refractivity contribution is -0.134. The van der Waals surface area contributed by atoms with Crippen molar-refractivity contribution < 1.29 is 9.21 Å². The summed E-state index contributed by atoms with van der Waals surface area (Å²) in [5.74, 6) is 0.998. The molecule has 17 heavy (non-hydrogen) atoms. The van der Waals surface area contributed by atoms with Gasteiger partial charge in [0, 0.05) is 19.0 Å². The number of rotatable bonds is 5. The van der Waals surface area contributed by atoms with Crippen molar-refractivity contribution in [3.8, 4) is 0 Å². The predicted octanol–water partition coefficient (Wildman–Crippen LogP) is 1.90. The van der Waals surface area contributed by atoms with Gasteiger partial charge in [-0.1, -0.05) is 12.8 Å². The number of amides is 1. The molecule has 0 atom stereocenters. The van der Waals surface area contributed by atoms with Crippen molar-refractivity contribution in [2.45, 2.75) is 44.7 Å². The first-order valence-corrected chi connectivity index (χ1v) is 6.33. The molecule has 1 aliphatic carbocycles. The van der Waals surface area contributed by atoms with E-state index in [1.54, 1.807) is 6.26 Å². The molecule has 0 saturated heterocycles. The Hall–Kier alpha value is -1.29. The lowest BCUT2D eigenvalue weighted by Gasteiger charge is -2.28. The van der Waals surface area contributed by atoms with Crippen molar-refractivity contribution in [1.29, 1.82) is 0 Å². The SMILES string of the molecule is NCCC(=O)N(Cc1ccco1)C1CCCC1. The summed E-state index contributed by atoms with van der Waals surface area (Å²) in [6, 6.07) is 4.15. The zero-order chi connectivity index (χ0) is 12.1. The average molecular weight is 236 g/mol. The van der Waals surface area contributed by atoms with Gasteiger partial charge >= 0.3 is 0 Å². The van der Waals surface area contributed by atoms with Crippen LogP contribution in [0, 0.1) is 0 Å². The second kappa shape index (κ2) is 5.87. The Morgan fingerprint density at radius 1 is 1.47 bits per heavy atom. The van der Waals surface area contributed by atoms with Gasteiger partial charge in [0.05, 0.1) is 12.8 Å². The lowest BCUT2D eigenvalue weighted by atomic mass is 10.2. The highest BCUT2D eigenvalue weighted by Crippen LogP contribution is 2.25. The van der Waals surface area contributed by atoms with Crippen LogP contribution in [0.25, 0.3) is 0 Å². The molecule has 0 unspecified atom stereocenters. The fraction of sp³-hybridized carbons (Fsp3) is 0.615. The maximum Gasteiger partial charge on any atom is 0.224 e. The van der Waals surface area contributed by atoms with Crippen molar-refractivity contribution in [3.05, 3.63) is 24.2 Å². The Morgan fingerprint density at radius 2 is 2.24 bits per heavy atom. The highest BCUT2D eigenvalue weighted by Gasteiger charge is 2.26. The highest BCUT2D eigenvalue weighted by atomic mass is 16.3. The number of nitrogens with two attached hydrogens (primary N) is 1. The molecule has 0 bridgehead atoms. The molecule has 94 valence electrons. The van der Waals surface area contributed by atoms with Gasteiger partial charge in [-0.2, -0.15) is 0 Å². The Labute approximate surface area is 102 Å². The molecule has 1 aromatic rings. The zero-order valence-corrected chi connectivity index (χ0v) is 10.1. The second-order valence-corrected chi connectivity index (χ2v) is 4.58. The fourth-order valence-corrected chi connectivity index (χ4v) is 2.47. The molecular formula is C13H20N2O2. The summed E-state index contributed by atoms with van der Waals surface area (Å²) in [6.07, 6.45) is 6.73. The zero-order valence-electron chi connectivity index (χ0n) is 10.1. The Bertz CT molecular complexity index is 342. The summed E-state index contributed by atoms with van der Waals surface area (Å²) in [4.78, 5) is 14.0. The number of hydrogen-bond donors (Lipinski definition) is 1. The number of carbonyl (C=O) groups excluding carboxylic acids is 1. The normalized spacial score (nSPS) is 16.3. The van der Waals surface area contributed by atoms with Crippen LogP contribution in [0.5, 0.6) is 0 Å². The Kier molecular flexibility index (Phi) is 4.20. The summed E-state index contributed by atoms with van der Waals surface area (Å²) < 4.78 is 5.33. The van der Waals surface area contributed by atoms with Crippen molar-refractivity contribution in [1.82, 2.24) is 4.90 Å². The number of hydrogen-bond acceptors (Lipinski definition) is 3. The summed E-state index contributed by atoms with van der Waals surface area (Å²) in [5, 5.41) is 0. The number of nitrogens with zero attached hydrogens (tertiary/aromatic N) is 1. The van der Waals surface area contributed by atoms with E-state index in [-0.39, 0.29) is 5.91 Å². The largest absolute Gasteiger partial charge is 0.467 e. The molecule has 1 aromatic heterocycles. The molecule has 0 radical (unpaired) electrons. The van der Waals surface area contributed by atoms with Gasteiger partial charge in [0.1, 0.15) is 5.76 Å². The van der Waals surface area contributed by atoms with Crippen molar-refractivity contribution >= 4 is 5.91 Å². The molecule has 1 amide bonds. The molecule has 1 aliphatic rings. The molecule has 0 spiro atoms. The van der Waals surface area contributed by atoms with Gasteiger partial charge in [0.2, 0.25) is 5.91 Å². The molecule has 1 saturated carbocycles. The van der Waals surface area contributed by atoms with Crippen LogP contribution < -0.4 is 5.73 Å². The smallest absolute Gasteiger partial charge is 0.224 e. The van der Waals surface area contributed by atoms with Gasteiger partial charge in [-0.15, -0.1) is 0 Å². The third kappa shape index (κ3) is 3.09. The van der Waals surface area contributed by atoms with E-state index in [2.05, 4.69) is 0 Å². The Balaban J connectivity index is 2.03. The van der Waals surface area contributed by atoms with E-state index in [1.807, 2.05) is 17.0 Å². The fourth-order valence-electron chi connectivity index (χ4n) is 2.47. The maximum absolute atomic E-state index is 12.1. The first kappa shape index (κ1) is 12.2. The minimum atomic E-state index is 0.149. The van der Waals surface area contributed by atoms with E-state index >= 15 is 0 Å². The third-order valence-corrected chi connectivity index (χ3v) is 3.35. The molecule has 2 rings (SSSR count). The van der Waals surface area contributed by atoms with E-state index in [0.29, 0.717) is 25.6 Å². The molecular weight excluding hydrogens is 216 g/mol. The van der Waals surface area contributed by atoms with Crippen molar-refractivity contribution in [2.24, 2.45) is 5.73 Å². The van der Waals surface area contributed by atoms with Gasteiger partial charge in [-0.3, -0.25) is 4.79 Å². The van der Waals surface area contributed by atoms with Crippen LogP contribution in [0.3, 0.4) is 0 Å². The molecule has 0 aromatic carbocycles. The van der Waals surface area contributed by atoms with E-state index in [0.717, 1.165) is 18.6 Å². The van der Waals surface area contributed by atoms with Gasteiger partial charge in [0.25, 0.3) is 0 Å². The molecule has 0 aliphatic heterocycles. The van der Waals surface area contributed by atoms with E-state index in [1.165, 1.54) is 12.8 Å². The summed E-state index contributed by atoms with van der Waals surface area (Å²) in [5.41, 5.74) is 5.47. The van der Waals surface area contributed by atoms with Gasteiger partial charge in [-0.05, 0) is 25.0 Å². The molecule has 2 N–H and O–H groups in total. The second-order valence-electron chi connectivity index (χ2n) is 4.58. The Morgan fingerprint density at radius 3 is 2.82 bits per heavy atom. The van der Waals surface area contributed by atoms with Crippen LogP contribution >= 0.6 is 0 Å². The average Bonchev–Trinajstić information content (AvgIpc) is 2.99. The highest BCUT2D eigenvalue weighted by molar-refractivity contribution is 5.76. The quantitative estimate of drug-likeness (QED) is 0.849. The first-order valence-electron chi connectivity index (χ1n) is 6.33. The van der Waals surface area contributed by atoms with Crippen LogP contribution in [0.1, 0.15) is 37.9 Å². The molecule has 1 fully saturated rings. The molecule has 1 heterocycles. The maximum atomic E-state index is 12.1. The minimum absolute atomic E-state index is 0.149. The summed E-state index contributed by atoms with van der Waals surface area (Å²) >= 11 is 0. The van der Waals surface area contributed by atoms with Gasteiger partial charge < -0.3 is 15.1 Å². The standard InChI is InChI=1S/C13H20N2O2/c14-8-7-13(16)15(11-4-1-2-5-11)10-12-6-3-9-17-12/h3,6,9,11H,1-2,4-5,7-8,10,14H2. The molecule has 4 nitrogen and oxygen atoms in total. The first-order chi connectivity index (χ1) is 8.31. The molecule has 4 heteroatoms. The van der Waals surface area contributed by atoms with Crippen LogP contribution in [0.15, 0.2) is 22.8 Å². The summed E-state index contributed by atoms with van der Waals surface area (Å²) in [7, 11) is 0. The number of carbonyl (C=O) groups is 1. The van der Waals surface area contributed by atoms with Crippen LogP contribution in [0.4, 0.5) is 0 Å². The van der Waals surface area contributed by atoms with Crippen LogP contribution in [-0.2, 0) is 11.3 Å². The van der Waals surface area contributed by atoms with Gasteiger partial charge in [-0.25, -0.2) is 0 Å².